The molecule has 5 aromatic rings. The van der Waals surface area contributed by atoms with Gasteiger partial charge in [0.25, 0.3) is 0 Å². The van der Waals surface area contributed by atoms with E-state index in [1.54, 1.807) is 5.19 Å². The molecule has 0 N–H and O–H groups in total. The van der Waals surface area contributed by atoms with E-state index in [0.29, 0.717) is 0 Å². The minimum absolute atomic E-state index is 0.732. The van der Waals surface area contributed by atoms with Crippen LogP contribution in [0.25, 0.3) is 43.1 Å². The molecule has 4 heteroatoms. The molecule has 6 rings (SSSR count). The van der Waals surface area contributed by atoms with Gasteiger partial charge in [0.2, 0.25) is 9.28 Å². The first-order valence-corrected chi connectivity index (χ1v) is 19.8. The Morgan fingerprint density at radius 1 is 0.645 bits per heavy atom. The predicted molar refractivity (Wildman–Crippen MR) is 142 cm³/mol. The third-order valence-electron chi connectivity index (χ3n) is 7.71. The monoisotopic (exact) mass is 450 g/mol. The highest BCUT2D eigenvalue weighted by Gasteiger charge is 2.50. The van der Waals surface area contributed by atoms with Gasteiger partial charge in [-0.1, -0.05) is 79.4 Å². The number of rotatable bonds is 1. The third kappa shape index (κ3) is 2.89. The van der Waals surface area contributed by atoms with Crippen LogP contribution in [0.5, 0.6) is 0 Å². The molecular formula is C27H26OSi3. The van der Waals surface area contributed by atoms with Gasteiger partial charge in [0.15, 0.2) is 0 Å². The van der Waals surface area contributed by atoms with E-state index in [4.69, 9.17) is 4.43 Å². The molecule has 152 valence electrons. The molecule has 1 fully saturated rings. The van der Waals surface area contributed by atoms with Crippen molar-refractivity contribution < 1.29 is 4.43 Å². The van der Waals surface area contributed by atoms with E-state index >= 15 is 0 Å². The fraction of sp³-hybridized carbons (Fsp3) is 0.185. The molecule has 5 aromatic carbocycles. The van der Waals surface area contributed by atoms with Crippen molar-refractivity contribution >= 4 is 72.3 Å². The molecule has 0 saturated carbocycles. The van der Waals surface area contributed by atoms with E-state index in [9.17, 15) is 0 Å². The van der Waals surface area contributed by atoms with Gasteiger partial charge in [-0.15, -0.1) is 0 Å². The van der Waals surface area contributed by atoms with Crippen LogP contribution in [0.3, 0.4) is 0 Å². The third-order valence-corrected chi connectivity index (χ3v) is 31.8. The Labute approximate surface area is 187 Å². The maximum Gasteiger partial charge on any atom is 0.209 e. The first kappa shape index (κ1) is 19.4. The summed E-state index contributed by atoms with van der Waals surface area (Å²) in [7, 11) is -2.26. The van der Waals surface area contributed by atoms with Crippen LogP contribution >= 0.6 is 0 Å². The summed E-state index contributed by atoms with van der Waals surface area (Å²) >= 11 is 0. The van der Waals surface area contributed by atoms with Gasteiger partial charge in [0, 0.05) is 6.61 Å². The van der Waals surface area contributed by atoms with Gasteiger partial charge >= 0.3 is 0 Å². The molecule has 0 bridgehead atoms. The molecule has 0 aromatic heterocycles. The van der Waals surface area contributed by atoms with Gasteiger partial charge in [-0.25, -0.2) is 0 Å². The summed E-state index contributed by atoms with van der Waals surface area (Å²) in [6.07, 6.45) is 0. The molecule has 1 unspecified atom stereocenters. The molecule has 1 atom stereocenters. The van der Waals surface area contributed by atoms with Gasteiger partial charge in [-0.2, -0.15) is 0 Å². The highest BCUT2D eigenvalue weighted by Crippen LogP contribution is 2.34. The quantitative estimate of drug-likeness (QED) is 0.160. The summed E-state index contributed by atoms with van der Waals surface area (Å²) in [6, 6.07) is 31.2. The van der Waals surface area contributed by atoms with Crippen LogP contribution in [-0.2, 0) is 4.43 Å². The average molecular weight is 451 g/mol. The largest absolute Gasteiger partial charge is 0.422 e. The van der Waals surface area contributed by atoms with Gasteiger partial charge in [-0.05, 0) is 73.4 Å². The highest BCUT2D eigenvalue weighted by molar-refractivity contribution is 7.63. The second kappa shape index (κ2) is 6.87. The fourth-order valence-electron chi connectivity index (χ4n) is 5.39. The Balaban J connectivity index is 1.69. The minimum atomic E-state index is -1.58. The van der Waals surface area contributed by atoms with E-state index in [1.165, 1.54) is 49.1 Å². The van der Waals surface area contributed by atoms with E-state index < -0.39 is 14.7 Å². The van der Waals surface area contributed by atoms with E-state index in [2.05, 4.69) is 98.5 Å². The zero-order chi connectivity index (χ0) is 21.2. The van der Waals surface area contributed by atoms with Crippen molar-refractivity contribution in [3.05, 3.63) is 78.9 Å². The van der Waals surface area contributed by atoms with Crippen molar-refractivity contribution in [3.63, 3.8) is 0 Å². The Hall–Kier alpha value is -2.25. The van der Waals surface area contributed by atoms with Crippen LogP contribution in [-0.4, -0.2) is 30.6 Å². The Kier molecular flexibility index (Phi) is 4.31. The first-order chi connectivity index (χ1) is 15.0. The number of hydrogen-bond donors (Lipinski definition) is 0. The zero-order valence-corrected chi connectivity index (χ0v) is 21.3. The lowest BCUT2D eigenvalue weighted by molar-refractivity contribution is 0.364. The Morgan fingerprint density at radius 3 is 2.00 bits per heavy atom. The topological polar surface area (TPSA) is 9.23 Å². The lowest BCUT2D eigenvalue weighted by atomic mass is 9.96. The number of benzene rings is 5. The normalized spacial score (nSPS) is 21.3. The second-order valence-corrected chi connectivity index (χ2v) is 30.1. The maximum absolute atomic E-state index is 6.01. The lowest BCUT2D eigenvalue weighted by Gasteiger charge is -2.44. The molecule has 1 saturated heterocycles. The maximum atomic E-state index is 6.01. The summed E-state index contributed by atoms with van der Waals surface area (Å²) in [5, 5.41) is 12.6. The molecule has 2 radical (unpaired) electrons. The molecule has 1 heterocycles. The second-order valence-electron chi connectivity index (χ2n) is 9.74. The summed E-state index contributed by atoms with van der Waals surface area (Å²) in [4.78, 5) is 0. The first-order valence-electron chi connectivity index (χ1n) is 11.1. The van der Waals surface area contributed by atoms with Crippen molar-refractivity contribution in [2.75, 3.05) is 6.61 Å². The van der Waals surface area contributed by atoms with Crippen LogP contribution in [0, 0.1) is 0 Å². The smallest absolute Gasteiger partial charge is 0.209 e. The molecule has 0 spiro atoms. The van der Waals surface area contributed by atoms with E-state index in [1.807, 2.05) is 0 Å². The fourth-order valence-corrected chi connectivity index (χ4v) is 21.7. The molecular weight excluding hydrogens is 425 g/mol. The summed E-state index contributed by atoms with van der Waals surface area (Å²) in [6.45, 7) is 8.72. The van der Waals surface area contributed by atoms with Crippen LogP contribution < -0.4 is 5.19 Å². The minimum Gasteiger partial charge on any atom is -0.422 e. The van der Waals surface area contributed by atoms with Crippen molar-refractivity contribution in [2.24, 2.45) is 0 Å². The summed E-state index contributed by atoms with van der Waals surface area (Å²) in [5.41, 5.74) is 0. The van der Waals surface area contributed by atoms with Crippen LogP contribution in [0.1, 0.15) is 0 Å². The van der Waals surface area contributed by atoms with E-state index in [-0.39, 0.29) is 0 Å². The SMILES string of the molecule is C[Si]1(C)[Si]OCC[Si]1(C)c1cccc2cc3ccc4cc5ccccc5cc4c3cc12. The predicted octanol–water partition coefficient (Wildman–Crippen LogP) is 6.52. The van der Waals surface area contributed by atoms with Crippen molar-refractivity contribution in [1.29, 1.82) is 0 Å². The molecule has 1 aliphatic rings. The molecule has 1 nitrogen and oxygen atoms in total. The highest BCUT2D eigenvalue weighted by atomic mass is 29.6. The van der Waals surface area contributed by atoms with Crippen LogP contribution in [0.15, 0.2) is 78.9 Å². The molecule has 0 amide bonds. The van der Waals surface area contributed by atoms with Gasteiger partial charge in [0.1, 0.15) is 0 Å². The molecule has 1 aliphatic heterocycles. The van der Waals surface area contributed by atoms with Crippen molar-refractivity contribution in [2.45, 2.75) is 25.7 Å². The average Bonchev–Trinajstić information content (AvgIpc) is 2.78. The van der Waals surface area contributed by atoms with Crippen LogP contribution in [0.4, 0.5) is 0 Å². The summed E-state index contributed by atoms with van der Waals surface area (Å²) < 4.78 is 6.01. The standard InChI is InChI=1S/C27H26OSi3/c1-30(2)29-28-13-14-31(30,3)27-10-6-9-21-16-23-12-11-22-15-19-7-4-5-8-20(19)17-24(22)25(23)18-26(21)27/h4-12,15-18H,13-14H2,1-3H3. The number of hydrogen-bond acceptors (Lipinski definition) is 1. The zero-order valence-electron chi connectivity index (χ0n) is 18.3. The van der Waals surface area contributed by atoms with Gasteiger partial charge < -0.3 is 4.43 Å². The van der Waals surface area contributed by atoms with E-state index in [0.717, 1.165) is 15.9 Å². The molecule has 0 aliphatic carbocycles. The van der Waals surface area contributed by atoms with Gasteiger partial charge in [-0.3, -0.25) is 0 Å². The van der Waals surface area contributed by atoms with Gasteiger partial charge in [0.05, 0.1) is 14.7 Å². The molecule has 31 heavy (non-hydrogen) atoms. The summed E-state index contributed by atoms with van der Waals surface area (Å²) in [5.74, 6) is 0. The number of fused-ring (bicyclic) bond motifs is 5. The Bertz CT molecular complexity index is 1490. The van der Waals surface area contributed by atoms with Crippen LogP contribution in [0.2, 0.25) is 25.7 Å². The van der Waals surface area contributed by atoms with Crippen molar-refractivity contribution in [3.8, 4) is 0 Å². The lowest BCUT2D eigenvalue weighted by Crippen LogP contribution is -2.71. The Morgan fingerprint density at radius 2 is 1.26 bits per heavy atom. The van der Waals surface area contributed by atoms with Crippen molar-refractivity contribution in [1.82, 2.24) is 0 Å².